The molecule has 0 spiro atoms. The molecule has 0 unspecified atom stereocenters. The van der Waals surface area contributed by atoms with Crippen LogP contribution in [0.4, 0.5) is 17.6 Å². The summed E-state index contributed by atoms with van der Waals surface area (Å²) in [6.07, 6.45) is -4.83. The fraction of sp³-hybridized carbons (Fsp3) is 0.286. The Balaban J connectivity index is 2.17. The van der Waals surface area contributed by atoms with Crippen LogP contribution in [0.15, 0.2) is 48.5 Å². The van der Waals surface area contributed by atoms with Crippen LogP contribution in [0.5, 0.6) is 0 Å². The van der Waals surface area contributed by atoms with Gasteiger partial charge in [-0.2, -0.15) is 13.2 Å². The van der Waals surface area contributed by atoms with Crippen molar-refractivity contribution in [2.75, 3.05) is 0 Å². The molecule has 0 bridgehead atoms. The lowest BCUT2D eigenvalue weighted by atomic mass is 10.0. The molecule has 0 saturated heterocycles. The van der Waals surface area contributed by atoms with Crippen molar-refractivity contribution >= 4 is 17.7 Å². The largest absolute Gasteiger partial charge is 0.416 e. The highest BCUT2D eigenvalue weighted by atomic mass is 19.4. The predicted molar refractivity (Wildman–Crippen MR) is 104 cm³/mol. The van der Waals surface area contributed by atoms with Gasteiger partial charge >= 0.3 is 6.18 Å². The third kappa shape index (κ3) is 7.40. The van der Waals surface area contributed by atoms with Crippen molar-refractivity contribution in [1.82, 2.24) is 10.6 Å². The SMILES string of the molecule is CC(=O)N[C@@H](Cc1ccc(F)cc1)C(=O)N[C@@H](Cc1cccc(C(F)(F)F)c1)C(N)=O. The summed E-state index contributed by atoms with van der Waals surface area (Å²) in [6.45, 7) is 1.19. The molecule has 0 aliphatic rings. The minimum atomic E-state index is -4.56. The van der Waals surface area contributed by atoms with Crippen LogP contribution in [-0.4, -0.2) is 29.8 Å². The van der Waals surface area contributed by atoms with Crippen LogP contribution in [0, 0.1) is 5.82 Å². The maximum atomic E-state index is 13.1. The van der Waals surface area contributed by atoms with Crippen molar-refractivity contribution in [2.24, 2.45) is 5.73 Å². The molecule has 0 aromatic heterocycles. The summed E-state index contributed by atoms with van der Waals surface area (Å²) < 4.78 is 51.8. The van der Waals surface area contributed by atoms with Crippen molar-refractivity contribution in [1.29, 1.82) is 0 Å². The molecule has 0 aliphatic heterocycles. The highest BCUT2D eigenvalue weighted by molar-refractivity contribution is 5.91. The number of halogens is 4. The smallest absolute Gasteiger partial charge is 0.368 e. The fourth-order valence-electron chi connectivity index (χ4n) is 2.92. The molecule has 0 saturated carbocycles. The fourth-order valence-corrected chi connectivity index (χ4v) is 2.92. The second-order valence-corrected chi connectivity index (χ2v) is 6.95. The molecule has 166 valence electrons. The summed E-state index contributed by atoms with van der Waals surface area (Å²) in [5.74, 6) is -2.70. The van der Waals surface area contributed by atoms with E-state index in [1.54, 1.807) is 0 Å². The zero-order valence-corrected chi connectivity index (χ0v) is 16.5. The summed E-state index contributed by atoms with van der Waals surface area (Å²) in [4.78, 5) is 36.0. The number of alkyl halides is 3. The van der Waals surface area contributed by atoms with E-state index < -0.39 is 47.4 Å². The molecular weight excluding hydrogens is 418 g/mol. The van der Waals surface area contributed by atoms with Crippen LogP contribution in [-0.2, 0) is 33.4 Å². The van der Waals surface area contributed by atoms with E-state index in [1.165, 1.54) is 43.3 Å². The molecule has 2 aromatic carbocycles. The number of carbonyl (C=O) groups is 3. The standard InChI is InChI=1S/C21H21F4N3O3/c1-12(29)27-18(10-13-5-7-16(22)8-6-13)20(31)28-17(19(26)30)11-14-3-2-4-15(9-14)21(23,24)25/h2-9,17-18H,10-11H2,1H3,(H2,26,30)(H,27,29)(H,28,31)/t17-,18-/m0/s1. The Hall–Kier alpha value is -3.43. The van der Waals surface area contributed by atoms with Crippen molar-refractivity contribution < 1.29 is 31.9 Å². The van der Waals surface area contributed by atoms with Gasteiger partial charge in [0, 0.05) is 19.8 Å². The quantitative estimate of drug-likeness (QED) is 0.549. The van der Waals surface area contributed by atoms with Gasteiger partial charge in [0.05, 0.1) is 5.56 Å². The predicted octanol–water partition coefficient (Wildman–Crippen LogP) is 2.10. The number of amides is 3. The number of rotatable bonds is 8. The first-order valence-corrected chi connectivity index (χ1v) is 9.23. The lowest BCUT2D eigenvalue weighted by Gasteiger charge is -2.22. The lowest BCUT2D eigenvalue weighted by Crippen LogP contribution is -2.54. The molecular formula is C21H21F4N3O3. The van der Waals surface area contributed by atoms with Crippen LogP contribution < -0.4 is 16.4 Å². The van der Waals surface area contributed by atoms with E-state index in [0.29, 0.717) is 5.56 Å². The van der Waals surface area contributed by atoms with Gasteiger partial charge in [0.2, 0.25) is 17.7 Å². The third-order valence-electron chi connectivity index (χ3n) is 4.40. The molecule has 2 aromatic rings. The molecule has 2 atom stereocenters. The van der Waals surface area contributed by atoms with E-state index in [2.05, 4.69) is 10.6 Å². The van der Waals surface area contributed by atoms with Crippen molar-refractivity contribution in [3.8, 4) is 0 Å². The number of hydrogen-bond acceptors (Lipinski definition) is 3. The van der Waals surface area contributed by atoms with E-state index in [4.69, 9.17) is 5.73 Å². The molecule has 0 heterocycles. The van der Waals surface area contributed by atoms with Gasteiger partial charge in [0.1, 0.15) is 17.9 Å². The molecule has 2 rings (SSSR count). The van der Waals surface area contributed by atoms with E-state index in [-0.39, 0.29) is 18.4 Å². The minimum absolute atomic E-state index is 0.000728. The van der Waals surface area contributed by atoms with Gasteiger partial charge in [-0.05, 0) is 29.3 Å². The normalized spacial score (nSPS) is 13.2. The number of nitrogens with one attached hydrogen (secondary N) is 2. The number of carbonyl (C=O) groups excluding carboxylic acids is 3. The average molecular weight is 439 g/mol. The molecule has 0 fully saturated rings. The molecule has 0 aliphatic carbocycles. The minimum Gasteiger partial charge on any atom is -0.368 e. The summed E-state index contributed by atoms with van der Waals surface area (Å²) in [5.41, 5.74) is 5.12. The van der Waals surface area contributed by atoms with Crippen LogP contribution in [0.25, 0.3) is 0 Å². The van der Waals surface area contributed by atoms with Crippen molar-refractivity contribution in [2.45, 2.75) is 38.0 Å². The van der Waals surface area contributed by atoms with E-state index >= 15 is 0 Å². The highest BCUT2D eigenvalue weighted by Gasteiger charge is 2.31. The Bertz CT molecular complexity index is 946. The number of primary amides is 1. The second kappa shape index (κ2) is 10.1. The van der Waals surface area contributed by atoms with Crippen LogP contribution in [0.3, 0.4) is 0 Å². The summed E-state index contributed by atoms with van der Waals surface area (Å²) in [7, 11) is 0. The van der Waals surface area contributed by atoms with Gasteiger partial charge in [-0.25, -0.2) is 4.39 Å². The summed E-state index contributed by atoms with van der Waals surface area (Å²) in [6, 6.07) is 7.16. The molecule has 4 N–H and O–H groups in total. The lowest BCUT2D eigenvalue weighted by molar-refractivity contribution is -0.137. The first-order valence-electron chi connectivity index (χ1n) is 9.23. The Morgan fingerprint density at radius 2 is 1.55 bits per heavy atom. The van der Waals surface area contributed by atoms with Crippen molar-refractivity contribution in [3.05, 3.63) is 71.0 Å². The third-order valence-corrected chi connectivity index (χ3v) is 4.40. The Labute approximate surface area is 175 Å². The first kappa shape index (κ1) is 23.8. The summed E-state index contributed by atoms with van der Waals surface area (Å²) in [5, 5.41) is 4.81. The Morgan fingerprint density at radius 3 is 2.10 bits per heavy atom. The number of hydrogen-bond donors (Lipinski definition) is 3. The molecule has 31 heavy (non-hydrogen) atoms. The van der Waals surface area contributed by atoms with Gasteiger partial charge in [0.15, 0.2) is 0 Å². The Morgan fingerprint density at radius 1 is 0.935 bits per heavy atom. The van der Waals surface area contributed by atoms with Gasteiger partial charge in [-0.1, -0.05) is 30.3 Å². The Kier molecular flexibility index (Phi) is 7.73. The van der Waals surface area contributed by atoms with Crippen molar-refractivity contribution in [3.63, 3.8) is 0 Å². The number of benzene rings is 2. The van der Waals surface area contributed by atoms with Gasteiger partial charge < -0.3 is 16.4 Å². The topological polar surface area (TPSA) is 101 Å². The molecule has 10 heteroatoms. The second-order valence-electron chi connectivity index (χ2n) is 6.95. The molecule has 0 radical (unpaired) electrons. The van der Waals surface area contributed by atoms with Gasteiger partial charge in [0.25, 0.3) is 0 Å². The maximum Gasteiger partial charge on any atom is 0.416 e. The van der Waals surface area contributed by atoms with E-state index in [0.717, 1.165) is 12.1 Å². The van der Waals surface area contributed by atoms with E-state index in [1.807, 2.05) is 0 Å². The van der Waals surface area contributed by atoms with Gasteiger partial charge in [-0.15, -0.1) is 0 Å². The van der Waals surface area contributed by atoms with E-state index in [9.17, 15) is 31.9 Å². The van der Waals surface area contributed by atoms with Crippen LogP contribution >= 0.6 is 0 Å². The van der Waals surface area contributed by atoms with Gasteiger partial charge in [-0.3, -0.25) is 14.4 Å². The zero-order valence-electron chi connectivity index (χ0n) is 16.5. The zero-order chi connectivity index (χ0) is 23.2. The first-order chi connectivity index (χ1) is 14.5. The van der Waals surface area contributed by atoms with Crippen LogP contribution in [0.1, 0.15) is 23.6 Å². The summed E-state index contributed by atoms with van der Waals surface area (Å²) >= 11 is 0. The molecule has 6 nitrogen and oxygen atoms in total. The number of nitrogens with two attached hydrogens (primary N) is 1. The monoisotopic (exact) mass is 439 g/mol. The maximum absolute atomic E-state index is 13.1. The average Bonchev–Trinajstić information content (AvgIpc) is 2.67. The highest BCUT2D eigenvalue weighted by Crippen LogP contribution is 2.29. The molecule has 3 amide bonds. The van der Waals surface area contributed by atoms with Crippen LogP contribution in [0.2, 0.25) is 0 Å².